The molecule has 0 aliphatic rings. The SMILES string of the molecule is O=C(O)c1cc(F)c(F)cc1NS(=O)(=O)c1c[nH]c2ncccc12. The average molecular weight is 353 g/mol. The number of carbonyl (C=O) groups is 1. The van der Waals surface area contributed by atoms with Crippen LogP contribution < -0.4 is 4.72 Å². The smallest absolute Gasteiger partial charge is 0.337 e. The minimum absolute atomic E-state index is 0.202. The monoisotopic (exact) mass is 353 g/mol. The van der Waals surface area contributed by atoms with Gasteiger partial charge in [0.15, 0.2) is 11.6 Å². The first-order valence-electron chi connectivity index (χ1n) is 6.47. The van der Waals surface area contributed by atoms with E-state index in [0.717, 1.165) is 0 Å². The summed E-state index contributed by atoms with van der Waals surface area (Å²) >= 11 is 0. The van der Waals surface area contributed by atoms with Crippen LogP contribution in [0.1, 0.15) is 10.4 Å². The van der Waals surface area contributed by atoms with Gasteiger partial charge < -0.3 is 10.1 Å². The van der Waals surface area contributed by atoms with Crippen molar-refractivity contribution >= 4 is 32.7 Å². The minimum Gasteiger partial charge on any atom is -0.478 e. The van der Waals surface area contributed by atoms with Crippen molar-refractivity contribution in [2.45, 2.75) is 4.90 Å². The molecule has 0 aliphatic carbocycles. The maximum atomic E-state index is 13.4. The highest BCUT2D eigenvalue weighted by atomic mass is 32.2. The van der Waals surface area contributed by atoms with Crippen molar-refractivity contribution in [3.63, 3.8) is 0 Å². The Labute approximate surface area is 134 Å². The highest BCUT2D eigenvalue weighted by molar-refractivity contribution is 7.93. The number of carboxylic acid groups (broad SMARTS) is 1. The molecule has 0 atom stereocenters. The van der Waals surface area contributed by atoms with Crippen LogP contribution in [0, 0.1) is 11.6 Å². The summed E-state index contributed by atoms with van der Waals surface area (Å²) in [5, 5.41) is 9.31. The van der Waals surface area contributed by atoms with E-state index in [4.69, 9.17) is 5.11 Å². The number of fused-ring (bicyclic) bond motifs is 1. The van der Waals surface area contributed by atoms with Crippen molar-refractivity contribution in [3.8, 4) is 0 Å². The summed E-state index contributed by atoms with van der Waals surface area (Å²) in [6.07, 6.45) is 2.63. The van der Waals surface area contributed by atoms with Gasteiger partial charge in [-0.25, -0.2) is 27.0 Å². The van der Waals surface area contributed by atoms with Gasteiger partial charge in [0.25, 0.3) is 10.0 Å². The number of pyridine rings is 1. The molecule has 0 saturated heterocycles. The maximum absolute atomic E-state index is 13.4. The summed E-state index contributed by atoms with van der Waals surface area (Å²) in [6.45, 7) is 0. The number of nitrogens with one attached hydrogen (secondary N) is 2. The molecule has 0 unspecified atom stereocenters. The number of nitrogens with zero attached hydrogens (tertiary/aromatic N) is 1. The van der Waals surface area contributed by atoms with Gasteiger partial charge in [0.1, 0.15) is 10.5 Å². The molecule has 124 valence electrons. The molecule has 0 saturated carbocycles. The zero-order chi connectivity index (χ0) is 17.5. The van der Waals surface area contributed by atoms with E-state index >= 15 is 0 Å². The Morgan fingerprint density at radius 1 is 1.25 bits per heavy atom. The van der Waals surface area contributed by atoms with Gasteiger partial charge in [0.05, 0.1) is 11.3 Å². The summed E-state index contributed by atoms with van der Waals surface area (Å²) in [5.41, 5.74) is -0.989. The van der Waals surface area contributed by atoms with Crippen molar-refractivity contribution in [1.82, 2.24) is 9.97 Å². The van der Waals surface area contributed by atoms with Gasteiger partial charge in [-0.2, -0.15) is 0 Å². The summed E-state index contributed by atoms with van der Waals surface area (Å²) in [5.74, 6) is -4.38. The lowest BCUT2D eigenvalue weighted by Crippen LogP contribution is -2.16. The normalized spacial score (nSPS) is 11.6. The summed E-state index contributed by atoms with van der Waals surface area (Å²) in [7, 11) is -4.26. The van der Waals surface area contributed by atoms with Crippen LogP contribution in [0.4, 0.5) is 14.5 Å². The van der Waals surface area contributed by atoms with Gasteiger partial charge >= 0.3 is 5.97 Å². The molecule has 0 radical (unpaired) electrons. The number of hydrogen-bond donors (Lipinski definition) is 3. The molecule has 1 aromatic carbocycles. The maximum Gasteiger partial charge on any atom is 0.337 e. The van der Waals surface area contributed by atoms with Crippen LogP contribution >= 0.6 is 0 Å². The Morgan fingerprint density at radius 2 is 1.96 bits per heavy atom. The number of benzene rings is 1. The van der Waals surface area contributed by atoms with E-state index in [1.54, 1.807) is 0 Å². The molecule has 0 aliphatic heterocycles. The molecular formula is C14H9F2N3O4S. The molecule has 0 fully saturated rings. The molecule has 2 aromatic heterocycles. The average Bonchev–Trinajstić information content (AvgIpc) is 2.95. The molecule has 3 rings (SSSR count). The first kappa shape index (κ1) is 15.9. The number of aromatic carboxylic acids is 1. The highest BCUT2D eigenvalue weighted by Crippen LogP contribution is 2.26. The number of halogens is 2. The van der Waals surface area contributed by atoms with Crippen molar-refractivity contribution in [2.24, 2.45) is 0 Å². The second kappa shape index (κ2) is 5.57. The van der Waals surface area contributed by atoms with Gasteiger partial charge in [-0.05, 0) is 18.2 Å². The van der Waals surface area contributed by atoms with Crippen LogP contribution in [0.15, 0.2) is 41.6 Å². The lowest BCUT2D eigenvalue weighted by molar-refractivity contribution is 0.0697. The summed E-state index contributed by atoms with van der Waals surface area (Å²) in [6, 6.07) is 3.90. The number of aromatic nitrogens is 2. The van der Waals surface area contributed by atoms with Gasteiger partial charge in [-0.3, -0.25) is 4.72 Å². The third-order valence-corrected chi connectivity index (χ3v) is 4.64. The van der Waals surface area contributed by atoms with E-state index in [1.165, 1.54) is 24.5 Å². The number of carboxylic acids is 1. The predicted octanol–water partition coefficient (Wildman–Crippen LogP) is 2.34. The van der Waals surface area contributed by atoms with Crippen LogP contribution in [0.2, 0.25) is 0 Å². The van der Waals surface area contributed by atoms with Crippen LogP contribution in [-0.2, 0) is 10.0 Å². The molecular weight excluding hydrogens is 344 g/mol. The zero-order valence-electron chi connectivity index (χ0n) is 11.7. The fourth-order valence-electron chi connectivity index (χ4n) is 2.16. The van der Waals surface area contributed by atoms with Gasteiger partial charge in [-0.1, -0.05) is 0 Å². The molecule has 0 spiro atoms. The largest absolute Gasteiger partial charge is 0.478 e. The summed E-state index contributed by atoms with van der Waals surface area (Å²) in [4.78, 5) is 17.5. The molecule has 0 amide bonds. The molecule has 24 heavy (non-hydrogen) atoms. The van der Waals surface area contributed by atoms with Gasteiger partial charge in [0, 0.05) is 23.8 Å². The fourth-order valence-corrected chi connectivity index (χ4v) is 3.40. The zero-order valence-corrected chi connectivity index (χ0v) is 12.6. The summed E-state index contributed by atoms with van der Waals surface area (Å²) < 4.78 is 53.5. The highest BCUT2D eigenvalue weighted by Gasteiger charge is 2.23. The van der Waals surface area contributed by atoms with Crippen LogP contribution in [0.5, 0.6) is 0 Å². The Balaban J connectivity index is 2.10. The van der Waals surface area contributed by atoms with Crippen LogP contribution in [-0.4, -0.2) is 29.5 Å². The van der Waals surface area contributed by atoms with E-state index in [2.05, 4.69) is 9.97 Å². The number of sulfonamides is 1. The van der Waals surface area contributed by atoms with Crippen molar-refractivity contribution in [1.29, 1.82) is 0 Å². The van der Waals surface area contributed by atoms with Gasteiger partial charge in [-0.15, -0.1) is 0 Å². The van der Waals surface area contributed by atoms with E-state index in [0.29, 0.717) is 17.8 Å². The number of H-pyrrole nitrogens is 1. The second-order valence-electron chi connectivity index (χ2n) is 4.78. The van der Waals surface area contributed by atoms with Crippen LogP contribution in [0.3, 0.4) is 0 Å². The first-order chi connectivity index (χ1) is 11.3. The first-order valence-corrected chi connectivity index (χ1v) is 7.95. The number of hydrogen-bond acceptors (Lipinski definition) is 4. The molecule has 0 bridgehead atoms. The van der Waals surface area contributed by atoms with Crippen molar-refractivity contribution in [2.75, 3.05) is 4.72 Å². The topological polar surface area (TPSA) is 112 Å². The number of aromatic amines is 1. The Kier molecular flexibility index (Phi) is 3.68. The molecule has 2 heterocycles. The second-order valence-corrected chi connectivity index (χ2v) is 6.43. The number of rotatable bonds is 4. The lowest BCUT2D eigenvalue weighted by Gasteiger charge is -2.10. The minimum atomic E-state index is -4.26. The van der Waals surface area contributed by atoms with Gasteiger partial charge in [0.2, 0.25) is 0 Å². The molecule has 3 aromatic rings. The van der Waals surface area contributed by atoms with Crippen LogP contribution in [0.25, 0.3) is 11.0 Å². The quantitative estimate of drug-likeness (QED) is 0.666. The molecule has 7 nitrogen and oxygen atoms in total. The third-order valence-electron chi connectivity index (χ3n) is 3.24. The van der Waals surface area contributed by atoms with E-state index in [-0.39, 0.29) is 10.3 Å². The van der Waals surface area contributed by atoms with E-state index in [1.807, 2.05) is 4.72 Å². The Hall–Kier alpha value is -3.01. The van der Waals surface area contributed by atoms with E-state index < -0.39 is 38.9 Å². The molecule has 10 heteroatoms. The third kappa shape index (κ3) is 2.67. The Bertz CT molecular complexity index is 1060. The molecule has 3 N–H and O–H groups in total. The van der Waals surface area contributed by atoms with E-state index in [9.17, 15) is 22.0 Å². The standard InChI is InChI=1S/C14H9F2N3O4S/c15-9-4-8(14(20)21)11(5-10(9)16)19-24(22,23)12-6-18-13-7(12)2-1-3-17-13/h1-6,19H,(H,17,18)(H,20,21). The van der Waals surface area contributed by atoms with Crippen molar-refractivity contribution in [3.05, 3.63) is 53.9 Å². The Morgan fingerprint density at radius 3 is 2.67 bits per heavy atom. The number of anilines is 1. The predicted molar refractivity (Wildman–Crippen MR) is 80.2 cm³/mol. The van der Waals surface area contributed by atoms with Crippen molar-refractivity contribution < 1.29 is 27.1 Å². The lowest BCUT2D eigenvalue weighted by atomic mass is 10.2. The fraction of sp³-hybridized carbons (Fsp3) is 0.